The Labute approximate surface area is 228 Å². The van der Waals surface area contributed by atoms with Gasteiger partial charge in [-0.3, -0.25) is 9.69 Å². The van der Waals surface area contributed by atoms with Crippen molar-refractivity contribution < 1.29 is 9.53 Å². The van der Waals surface area contributed by atoms with Crippen LogP contribution in [0.25, 0.3) is 0 Å². The molecule has 1 spiro atoms. The van der Waals surface area contributed by atoms with E-state index in [1.165, 1.54) is 17.5 Å². The molecular formula is C27H31ClN6O2S. The highest BCUT2D eigenvalue weighted by atomic mass is 35.5. The largest absolute Gasteiger partial charge is 0.474 e. The van der Waals surface area contributed by atoms with E-state index >= 15 is 0 Å². The fraction of sp³-hybridized carbons (Fsp3) is 0.519. The Kier molecular flexibility index (Phi) is 7.35. The van der Waals surface area contributed by atoms with Gasteiger partial charge in [-0.1, -0.05) is 25.4 Å². The Morgan fingerprint density at radius 3 is 2.51 bits per heavy atom. The van der Waals surface area contributed by atoms with Gasteiger partial charge in [0.25, 0.3) is 5.91 Å². The van der Waals surface area contributed by atoms with E-state index < -0.39 is 5.54 Å². The molecule has 1 saturated carbocycles. The van der Waals surface area contributed by atoms with Gasteiger partial charge in [-0.2, -0.15) is 5.26 Å². The Hall–Kier alpha value is -2.80. The molecule has 1 aliphatic carbocycles. The number of thiocarbonyl (C=S) groups is 1. The highest BCUT2D eigenvalue weighted by Crippen LogP contribution is 2.48. The van der Waals surface area contributed by atoms with Gasteiger partial charge in [0, 0.05) is 19.2 Å². The number of aromatic nitrogens is 2. The average Bonchev–Trinajstić information content (AvgIpc) is 3.10. The summed E-state index contributed by atoms with van der Waals surface area (Å²) in [5.41, 5.74) is 0.591. The molecule has 5 rings (SSSR count). The third-order valence-corrected chi connectivity index (χ3v) is 8.26. The summed E-state index contributed by atoms with van der Waals surface area (Å²) < 4.78 is 6.20. The minimum absolute atomic E-state index is 0.101. The van der Waals surface area contributed by atoms with Crippen molar-refractivity contribution in [2.75, 3.05) is 29.4 Å². The standard InChI is InChI=1S/C27H31ClN6O2S/c1-18(2)6-11-32-12-7-21(8-13-32)36-24-5-4-19(16-31-24)34-26(37)33(25(35)27(34)9-3-10-27)20-14-22(28)23(15-29)30-17-20/h4-5,14,16-18,21H,3,6-13H2,1-2H3. The molecular weight excluding hydrogens is 508 g/mol. The van der Waals surface area contributed by atoms with Crippen molar-refractivity contribution >= 4 is 46.2 Å². The number of nitriles is 1. The van der Waals surface area contributed by atoms with E-state index in [4.69, 9.17) is 33.8 Å². The second kappa shape index (κ2) is 10.5. The van der Waals surface area contributed by atoms with E-state index in [-0.39, 0.29) is 22.7 Å². The summed E-state index contributed by atoms with van der Waals surface area (Å²) in [5, 5.41) is 9.69. The monoisotopic (exact) mass is 538 g/mol. The maximum absolute atomic E-state index is 13.6. The Balaban J connectivity index is 1.29. The van der Waals surface area contributed by atoms with Gasteiger partial charge in [-0.25, -0.2) is 9.97 Å². The van der Waals surface area contributed by atoms with Crippen molar-refractivity contribution in [2.24, 2.45) is 5.92 Å². The van der Waals surface area contributed by atoms with Crippen LogP contribution in [-0.2, 0) is 4.79 Å². The quantitative estimate of drug-likeness (QED) is 0.458. The number of carbonyl (C=O) groups is 1. The number of hydrogen-bond acceptors (Lipinski definition) is 7. The fourth-order valence-electron chi connectivity index (χ4n) is 5.28. The topological polar surface area (TPSA) is 85.6 Å². The number of ether oxygens (including phenoxy) is 1. The molecule has 0 bridgehead atoms. The molecule has 0 unspecified atom stereocenters. The normalized spacial score (nSPS) is 20.0. The third kappa shape index (κ3) is 4.90. The lowest BCUT2D eigenvalue weighted by Crippen LogP contribution is -2.55. The number of hydrogen-bond donors (Lipinski definition) is 0. The zero-order valence-electron chi connectivity index (χ0n) is 21.2. The van der Waals surface area contributed by atoms with Crippen molar-refractivity contribution in [1.29, 1.82) is 5.26 Å². The van der Waals surface area contributed by atoms with Crippen LogP contribution in [0.2, 0.25) is 5.02 Å². The second-order valence-corrected chi connectivity index (χ2v) is 11.2. The molecule has 2 aliphatic heterocycles. The minimum Gasteiger partial charge on any atom is -0.474 e. The van der Waals surface area contributed by atoms with Crippen molar-refractivity contribution in [3.8, 4) is 11.9 Å². The van der Waals surface area contributed by atoms with Crippen molar-refractivity contribution in [1.82, 2.24) is 14.9 Å². The first-order valence-corrected chi connectivity index (χ1v) is 13.7. The summed E-state index contributed by atoms with van der Waals surface area (Å²) in [6.07, 6.45) is 8.91. The molecule has 37 heavy (non-hydrogen) atoms. The van der Waals surface area contributed by atoms with Crippen LogP contribution in [-0.4, -0.2) is 57.2 Å². The van der Waals surface area contributed by atoms with Crippen molar-refractivity contribution in [3.05, 3.63) is 41.3 Å². The van der Waals surface area contributed by atoms with Gasteiger partial charge < -0.3 is 14.5 Å². The Bertz CT molecular complexity index is 1220. The van der Waals surface area contributed by atoms with Crippen LogP contribution < -0.4 is 14.5 Å². The number of anilines is 2. The number of likely N-dealkylation sites (tertiary alicyclic amines) is 1. The van der Waals surface area contributed by atoms with Crippen LogP contribution in [0.3, 0.4) is 0 Å². The Morgan fingerprint density at radius 1 is 1.22 bits per heavy atom. The number of pyridine rings is 2. The van der Waals surface area contributed by atoms with Crippen molar-refractivity contribution in [3.63, 3.8) is 0 Å². The number of rotatable bonds is 7. The third-order valence-electron chi connectivity index (χ3n) is 7.61. The summed E-state index contributed by atoms with van der Waals surface area (Å²) in [6, 6.07) is 7.30. The van der Waals surface area contributed by atoms with Crippen LogP contribution in [0, 0.1) is 17.2 Å². The lowest BCUT2D eigenvalue weighted by molar-refractivity contribution is -0.123. The molecule has 2 aromatic rings. The molecule has 2 saturated heterocycles. The minimum atomic E-state index is -0.732. The molecule has 0 N–H and O–H groups in total. The number of carbonyl (C=O) groups excluding carboxylic acids is 1. The maximum Gasteiger partial charge on any atom is 0.259 e. The van der Waals surface area contributed by atoms with Crippen LogP contribution in [0.1, 0.15) is 58.1 Å². The molecule has 0 radical (unpaired) electrons. The van der Waals surface area contributed by atoms with Gasteiger partial charge in [-0.15, -0.1) is 0 Å². The highest BCUT2D eigenvalue weighted by Gasteiger charge is 2.59. The molecule has 4 heterocycles. The van der Waals surface area contributed by atoms with Crippen LogP contribution >= 0.6 is 23.8 Å². The molecule has 194 valence electrons. The number of nitrogens with zero attached hydrogens (tertiary/aromatic N) is 6. The molecule has 0 atom stereocenters. The van der Waals surface area contributed by atoms with E-state index in [2.05, 4.69) is 28.7 Å². The van der Waals surface area contributed by atoms with Gasteiger partial charge in [-0.05, 0) is 75.3 Å². The smallest absolute Gasteiger partial charge is 0.259 e. The molecule has 10 heteroatoms. The van der Waals surface area contributed by atoms with Crippen molar-refractivity contribution in [2.45, 2.75) is 64.0 Å². The van der Waals surface area contributed by atoms with E-state index in [1.807, 2.05) is 23.1 Å². The van der Waals surface area contributed by atoms with E-state index in [1.54, 1.807) is 12.3 Å². The summed E-state index contributed by atoms with van der Waals surface area (Å²) in [7, 11) is 0. The summed E-state index contributed by atoms with van der Waals surface area (Å²) in [4.78, 5) is 28.2. The summed E-state index contributed by atoms with van der Waals surface area (Å²) in [6.45, 7) is 7.77. The predicted molar refractivity (Wildman–Crippen MR) is 147 cm³/mol. The summed E-state index contributed by atoms with van der Waals surface area (Å²) >= 11 is 12.0. The van der Waals surface area contributed by atoms with Gasteiger partial charge in [0.1, 0.15) is 17.7 Å². The SMILES string of the molecule is CC(C)CCN1CCC(Oc2ccc(N3C(=S)N(c4cnc(C#N)c(Cl)c4)C(=O)C34CCC4)cn2)CC1. The van der Waals surface area contributed by atoms with E-state index in [0.717, 1.165) is 50.5 Å². The molecule has 3 fully saturated rings. The molecule has 8 nitrogen and oxygen atoms in total. The van der Waals surface area contributed by atoms with E-state index in [9.17, 15) is 4.79 Å². The van der Waals surface area contributed by atoms with Gasteiger partial charge in [0.2, 0.25) is 5.88 Å². The van der Waals surface area contributed by atoms with Gasteiger partial charge in [0.15, 0.2) is 10.8 Å². The summed E-state index contributed by atoms with van der Waals surface area (Å²) in [5.74, 6) is 1.21. The van der Waals surface area contributed by atoms with Crippen LogP contribution in [0.4, 0.5) is 11.4 Å². The van der Waals surface area contributed by atoms with Crippen LogP contribution in [0.15, 0.2) is 30.6 Å². The number of amides is 1. The average molecular weight is 539 g/mol. The first-order valence-electron chi connectivity index (χ1n) is 12.9. The van der Waals surface area contributed by atoms with Gasteiger partial charge in [0.05, 0.1) is 28.8 Å². The number of halogens is 1. The van der Waals surface area contributed by atoms with Gasteiger partial charge >= 0.3 is 0 Å². The lowest BCUT2D eigenvalue weighted by Gasteiger charge is -2.42. The fourth-order valence-corrected chi connectivity index (χ4v) is 5.95. The zero-order valence-corrected chi connectivity index (χ0v) is 22.8. The molecule has 1 amide bonds. The van der Waals surface area contributed by atoms with E-state index in [0.29, 0.717) is 29.5 Å². The molecule has 3 aliphatic rings. The van der Waals surface area contributed by atoms with Crippen LogP contribution in [0.5, 0.6) is 5.88 Å². The second-order valence-electron chi connectivity index (χ2n) is 10.5. The lowest BCUT2D eigenvalue weighted by atomic mass is 9.75. The predicted octanol–water partition coefficient (Wildman–Crippen LogP) is 4.95. The maximum atomic E-state index is 13.6. The zero-order chi connectivity index (χ0) is 26.2. The highest BCUT2D eigenvalue weighted by molar-refractivity contribution is 7.81. The number of piperidine rings is 1. The molecule has 0 aromatic carbocycles. The Morgan fingerprint density at radius 2 is 1.95 bits per heavy atom. The first kappa shape index (κ1) is 25.8. The molecule has 2 aromatic heterocycles. The first-order chi connectivity index (χ1) is 17.8.